The summed E-state index contributed by atoms with van der Waals surface area (Å²) in [7, 11) is 0. The van der Waals surface area contributed by atoms with E-state index in [9.17, 15) is 4.79 Å². The number of benzene rings is 2. The number of nitrogens with one attached hydrogen (secondary N) is 1. The van der Waals surface area contributed by atoms with Crippen molar-refractivity contribution in [3.05, 3.63) is 70.3 Å². The van der Waals surface area contributed by atoms with Crippen molar-refractivity contribution in [2.45, 2.75) is 58.4 Å². The molecule has 1 atom stereocenters. The highest BCUT2D eigenvalue weighted by molar-refractivity contribution is 5.94. The second kappa shape index (κ2) is 6.43. The van der Waals surface area contributed by atoms with Gasteiger partial charge in [-0.3, -0.25) is 4.79 Å². The second-order valence-electron chi connectivity index (χ2n) is 7.90. The highest BCUT2D eigenvalue weighted by Gasteiger charge is 2.17. The van der Waals surface area contributed by atoms with Crippen LogP contribution in [0.25, 0.3) is 0 Å². The Labute approximate surface area is 145 Å². The number of fused-ring (bicyclic) bond motifs is 1. The minimum absolute atomic E-state index is 0.0107. The Bertz CT molecular complexity index is 738. The molecule has 2 heteroatoms. The summed E-state index contributed by atoms with van der Waals surface area (Å²) in [6.45, 7) is 8.59. The van der Waals surface area contributed by atoms with Crippen molar-refractivity contribution in [2.75, 3.05) is 0 Å². The molecule has 0 saturated heterocycles. The Kier molecular flexibility index (Phi) is 4.49. The van der Waals surface area contributed by atoms with E-state index < -0.39 is 0 Å². The van der Waals surface area contributed by atoms with E-state index in [0.29, 0.717) is 0 Å². The highest BCUT2D eigenvalue weighted by Crippen LogP contribution is 2.26. The molecule has 0 aromatic heterocycles. The van der Waals surface area contributed by atoms with Crippen LogP contribution in [-0.2, 0) is 18.3 Å². The van der Waals surface area contributed by atoms with E-state index >= 15 is 0 Å². The van der Waals surface area contributed by atoms with E-state index in [-0.39, 0.29) is 17.4 Å². The molecule has 1 amide bonds. The third kappa shape index (κ3) is 3.53. The summed E-state index contributed by atoms with van der Waals surface area (Å²) in [5.74, 6) is -0.0107. The summed E-state index contributed by atoms with van der Waals surface area (Å²) >= 11 is 0. The monoisotopic (exact) mass is 321 g/mol. The molecule has 0 bridgehead atoms. The fourth-order valence-electron chi connectivity index (χ4n) is 3.35. The van der Waals surface area contributed by atoms with E-state index in [1.54, 1.807) is 0 Å². The summed E-state index contributed by atoms with van der Waals surface area (Å²) in [5, 5.41) is 3.12. The maximum atomic E-state index is 12.5. The summed E-state index contributed by atoms with van der Waals surface area (Å²) in [4.78, 5) is 12.5. The number of rotatable bonds is 3. The van der Waals surface area contributed by atoms with Gasteiger partial charge in [-0.2, -0.15) is 0 Å². The first-order valence-corrected chi connectivity index (χ1v) is 8.88. The molecule has 24 heavy (non-hydrogen) atoms. The molecule has 2 nitrogen and oxygen atoms in total. The molecule has 0 radical (unpaired) electrons. The fraction of sp³-hybridized carbons (Fsp3) is 0.409. The van der Waals surface area contributed by atoms with Gasteiger partial charge < -0.3 is 5.32 Å². The van der Waals surface area contributed by atoms with Gasteiger partial charge in [-0.1, -0.05) is 51.1 Å². The number of hydrogen-bond donors (Lipinski definition) is 1. The molecule has 0 heterocycles. The summed E-state index contributed by atoms with van der Waals surface area (Å²) in [6, 6.07) is 14.6. The van der Waals surface area contributed by atoms with Gasteiger partial charge in [-0.15, -0.1) is 0 Å². The third-order valence-corrected chi connectivity index (χ3v) is 4.98. The molecule has 1 aliphatic rings. The van der Waals surface area contributed by atoms with Gasteiger partial charge in [0.05, 0.1) is 6.04 Å². The molecular formula is C22H27NO. The van der Waals surface area contributed by atoms with Gasteiger partial charge in [-0.25, -0.2) is 0 Å². The molecule has 1 N–H and O–H groups in total. The van der Waals surface area contributed by atoms with Crippen LogP contribution in [0.15, 0.2) is 42.5 Å². The topological polar surface area (TPSA) is 29.1 Å². The lowest BCUT2D eigenvalue weighted by molar-refractivity contribution is 0.0940. The van der Waals surface area contributed by atoms with Gasteiger partial charge in [0.15, 0.2) is 0 Å². The number of carbonyl (C=O) groups is 1. The summed E-state index contributed by atoms with van der Waals surface area (Å²) < 4.78 is 0. The first-order chi connectivity index (χ1) is 11.3. The second-order valence-corrected chi connectivity index (χ2v) is 7.90. The molecule has 2 aromatic rings. The van der Waals surface area contributed by atoms with Crippen LogP contribution in [0.5, 0.6) is 0 Å². The lowest BCUT2D eigenvalue weighted by Gasteiger charge is -2.19. The van der Waals surface area contributed by atoms with Crippen LogP contribution in [0.1, 0.15) is 72.8 Å². The first kappa shape index (κ1) is 16.8. The lowest BCUT2D eigenvalue weighted by atomic mass is 9.86. The van der Waals surface area contributed by atoms with Crippen molar-refractivity contribution in [1.82, 2.24) is 5.32 Å². The van der Waals surface area contributed by atoms with Crippen LogP contribution in [0.3, 0.4) is 0 Å². The zero-order valence-corrected chi connectivity index (χ0v) is 15.1. The molecule has 1 aliphatic carbocycles. The van der Waals surface area contributed by atoms with Crippen LogP contribution < -0.4 is 5.32 Å². The molecule has 0 aliphatic heterocycles. The normalized spacial score (nSPS) is 15.0. The third-order valence-electron chi connectivity index (χ3n) is 4.98. The predicted molar refractivity (Wildman–Crippen MR) is 99.5 cm³/mol. The Morgan fingerprint density at radius 1 is 1.00 bits per heavy atom. The van der Waals surface area contributed by atoms with E-state index in [2.05, 4.69) is 63.3 Å². The van der Waals surface area contributed by atoms with Crippen LogP contribution in [0.4, 0.5) is 0 Å². The van der Waals surface area contributed by atoms with Crippen molar-refractivity contribution >= 4 is 5.91 Å². The first-order valence-electron chi connectivity index (χ1n) is 8.88. The average Bonchev–Trinajstić information content (AvgIpc) is 3.01. The van der Waals surface area contributed by atoms with Crippen molar-refractivity contribution in [2.24, 2.45) is 0 Å². The standard InChI is InChI=1S/C22H27NO/c1-15(18-9-8-16-6-5-7-19(16)14-18)23-21(24)17-10-12-20(13-11-17)22(2,3)4/h8-15H,5-7H2,1-4H3,(H,23,24). The number of hydrogen-bond acceptors (Lipinski definition) is 1. The minimum atomic E-state index is -0.0107. The smallest absolute Gasteiger partial charge is 0.251 e. The van der Waals surface area contributed by atoms with Gasteiger partial charge in [0.2, 0.25) is 0 Å². The van der Waals surface area contributed by atoms with Crippen molar-refractivity contribution in [1.29, 1.82) is 0 Å². The van der Waals surface area contributed by atoms with E-state index in [1.165, 1.54) is 35.1 Å². The highest BCUT2D eigenvalue weighted by atomic mass is 16.1. The molecular weight excluding hydrogens is 294 g/mol. The minimum Gasteiger partial charge on any atom is -0.346 e. The average molecular weight is 321 g/mol. The van der Waals surface area contributed by atoms with Gasteiger partial charge in [0.25, 0.3) is 5.91 Å². The summed E-state index contributed by atoms with van der Waals surface area (Å²) in [6.07, 6.45) is 3.61. The lowest BCUT2D eigenvalue weighted by Crippen LogP contribution is -2.26. The SMILES string of the molecule is CC(NC(=O)c1ccc(C(C)(C)C)cc1)c1ccc2c(c1)CCC2. The van der Waals surface area contributed by atoms with E-state index in [0.717, 1.165) is 12.0 Å². The van der Waals surface area contributed by atoms with Crippen LogP contribution in [-0.4, -0.2) is 5.91 Å². The number of aryl methyl sites for hydroxylation is 2. The van der Waals surface area contributed by atoms with Crippen molar-refractivity contribution in [3.63, 3.8) is 0 Å². The quantitative estimate of drug-likeness (QED) is 0.850. The van der Waals surface area contributed by atoms with Gasteiger partial charge in [0.1, 0.15) is 0 Å². The molecule has 0 fully saturated rings. The van der Waals surface area contributed by atoms with Crippen molar-refractivity contribution < 1.29 is 4.79 Å². The molecule has 3 rings (SSSR count). The Balaban J connectivity index is 1.70. The van der Waals surface area contributed by atoms with E-state index in [1.807, 2.05) is 12.1 Å². The largest absolute Gasteiger partial charge is 0.346 e. The van der Waals surface area contributed by atoms with Gasteiger partial charge >= 0.3 is 0 Å². The number of carbonyl (C=O) groups excluding carboxylic acids is 1. The Morgan fingerprint density at radius 3 is 2.33 bits per heavy atom. The van der Waals surface area contributed by atoms with Crippen molar-refractivity contribution in [3.8, 4) is 0 Å². The van der Waals surface area contributed by atoms with Crippen LogP contribution in [0, 0.1) is 0 Å². The maximum absolute atomic E-state index is 12.5. The molecule has 0 spiro atoms. The van der Waals surface area contributed by atoms with E-state index in [4.69, 9.17) is 0 Å². The van der Waals surface area contributed by atoms with Gasteiger partial charge in [-0.05, 0) is 66.0 Å². The predicted octanol–water partition coefficient (Wildman–Crippen LogP) is 4.96. The number of amides is 1. The molecule has 1 unspecified atom stereocenters. The van der Waals surface area contributed by atoms with Gasteiger partial charge in [0, 0.05) is 5.56 Å². The summed E-state index contributed by atoms with van der Waals surface area (Å²) in [5.41, 5.74) is 6.17. The zero-order valence-electron chi connectivity index (χ0n) is 15.1. The Hall–Kier alpha value is -2.09. The fourth-order valence-corrected chi connectivity index (χ4v) is 3.35. The van der Waals surface area contributed by atoms with Crippen LogP contribution >= 0.6 is 0 Å². The maximum Gasteiger partial charge on any atom is 0.251 e. The zero-order chi connectivity index (χ0) is 17.3. The molecule has 0 saturated carbocycles. The molecule has 126 valence electrons. The Morgan fingerprint density at radius 2 is 1.67 bits per heavy atom. The van der Waals surface area contributed by atoms with Crippen LogP contribution in [0.2, 0.25) is 0 Å². The molecule has 2 aromatic carbocycles.